The summed E-state index contributed by atoms with van der Waals surface area (Å²) in [4.78, 5) is -0.518. The lowest BCUT2D eigenvalue weighted by molar-refractivity contribution is 0.532. The normalized spacial score (nSPS) is 13.6. The van der Waals surface area contributed by atoms with Gasteiger partial charge in [-0.1, -0.05) is 24.9 Å². The highest BCUT2D eigenvalue weighted by Gasteiger charge is 2.23. The van der Waals surface area contributed by atoms with Gasteiger partial charge in [0.2, 0.25) is 10.0 Å². The average molecular weight is 295 g/mol. The highest BCUT2D eigenvalue weighted by atomic mass is 35.5. The standard InChI is InChI=1S/C11H16ClFN2O2S/c1-3-4-7(2)15-18(16,17)10-6-8(12)5-9(14)11(10)13/h5-7,15H,3-4,14H2,1-2H3. The molecule has 0 bridgehead atoms. The van der Waals surface area contributed by atoms with Gasteiger partial charge in [0.15, 0.2) is 5.82 Å². The molecule has 0 aromatic heterocycles. The van der Waals surface area contributed by atoms with E-state index in [2.05, 4.69) is 4.72 Å². The Morgan fingerprint density at radius 3 is 2.67 bits per heavy atom. The fourth-order valence-electron chi connectivity index (χ4n) is 1.60. The van der Waals surface area contributed by atoms with E-state index in [-0.39, 0.29) is 16.8 Å². The van der Waals surface area contributed by atoms with Crippen LogP contribution in [-0.4, -0.2) is 14.5 Å². The molecule has 18 heavy (non-hydrogen) atoms. The number of nitrogen functional groups attached to an aromatic ring is 1. The molecular weight excluding hydrogens is 279 g/mol. The van der Waals surface area contributed by atoms with Gasteiger partial charge in [0.1, 0.15) is 4.90 Å². The van der Waals surface area contributed by atoms with E-state index in [1.807, 2.05) is 6.92 Å². The molecule has 102 valence electrons. The van der Waals surface area contributed by atoms with Gasteiger partial charge in [-0.15, -0.1) is 0 Å². The summed E-state index contributed by atoms with van der Waals surface area (Å²) in [5.74, 6) is -0.976. The maximum atomic E-state index is 13.7. The van der Waals surface area contributed by atoms with Crippen molar-refractivity contribution in [3.05, 3.63) is 23.0 Å². The SMILES string of the molecule is CCCC(C)NS(=O)(=O)c1cc(Cl)cc(N)c1F. The van der Waals surface area contributed by atoms with Gasteiger partial charge in [0.25, 0.3) is 0 Å². The van der Waals surface area contributed by atoms with Crippen LogP contribution >= 0.6 is 11.6 Å². The van der Waals surface area contributed by atoms with Crippen LogP contribution in [0.3, 0.4) is 0 Å². The largest absolute Gasteiger partial charge is 0.396 e. The van der Waals surface area contributed by atoms with Crippen molar-refractivity contribution < 1.29 is 12.8 Å². The van der Waals surface area contributed by atoms with Gasteiger partial charge in [0, 0.05) is 11.1 Å². The van der Waals surface area contributed by atoms with Crippen LogP contribution in [0.4, 0.5) is 10.1 Å². The van der Waals surface area contributed by atoms with Crippen LogP contribution in [0.15, 0.2) is 17.0 Å². The molecule has 0 spiro atoms. The number of hydrogen-bond acceptors (Lipinski definition) is 3. The Bertz CT molecular complexity index is 534. The topological polar surface area (TPSA) is 72.2 Å². The fourth-order valence-corrected chi connectivity index (χ4v) is 3.30. The molecular formula is C11H16ClFN2O2S. The summed E-state index contributed by atoms with van der Waals surface area (Å²) in [6.45, 7) is 3.65. The Balaban J connectivity index is 3.13. The van der Waals surface area contributed by atoms with Crippen LogP contribution in [0.5, 0.6) is 0 Å². The average Bonchev–Trinajstić information content (AvgIpc) is 2.22. The van der Waals surface area contributed by atoms with E-state index in [1.165, 1.54) is 6.07 Å². The number of nitrogens with two attached hydrogens (primary N) is 1. The van der Waals surface area contributed by atoms with E-state index < -0.39 is 20.7 Å². The summed E-state index contributed by atoms with van der Waals surface area (Å²) in [6.07, 6.45) is 1.49. The number of sulfonamides is 1. The summed E-state index contributed by atoms with van der Waals surface area (Å²) >= 11 is 5.69. The van der Waals surface area contributed by atoms with E-state index in [1.54, 1.807) is 6.92 Å². The Morgan fingerprint density at radius 2 is 2.11 bits per heavy atom. The van der Waals surface area contributed by atoms with Crippen molar-refractivity contribution >= 4 is 27.3 Å². The minimum Gasteiger partial charge on any atom is -0.396 e. The molecule has 0 saturated carbocycles. The molecule has 0 amide bonds. The third-order valence-corrected chi connectivity index (χ3v) is 4.21. The zero-order valence-electron chi connectivity index (χ0n) is 10.2. The molecule has 3 N–H and O–H groups in total. The Morgan fingerprint density at radius 1 is 1.50 bits per heavy atom. The van der Waals surface area contributed by atoms with Crippen LogP contribution < -0.4 is 10.5 Å². The first-order chi connectivity index (χ1) is 8.27. The molecule has 0 fully saturated rings. The molecule has 1 rings (SSSR count). The smallest absolute Gasteiger partial charge is 0.243 e. The second-order valence-corrected chi connectivity index (χ2v) is 6.24. The Hall–Kier alpha value is -0.850. The van der Waals surface area contributed by atoms with E-state index in [4.69, 9.17) is 17.3 Å². The molecule has 0 aliphatic carbocycles. The van der Waals surface area contributed by atoms with Gasteiger partial charge >= 0.3 is 0 Å². The zero-order chi connectivity index (χ0) is 13.9. The van der Waals surface area contributed by atoms with Gasteiger partial charge in [-0.05, 0) is 25.5 Å². The lowest BCUT2D eigenvalue weighted by atomic mass is 10.2. The molecule has 1 aromatic rings. The van der Waals surface area contributed by atoms with E-state index in [0.29, 0.717) is 6.42 Å². The first kappa shape index (κ1) is 15.2. The molecule has 1 atom stereocenters. The van der Waals surface area contributed by atoms with Crippen molar-refractivity contribution in [2.45, 2.75) is 37.6 Å². The number of halogens is 2. The Kier molecular flexibility index (Phi) is 4.95. The molecule has 0 saturated heterocycles. The van der Waals surface area contributed by atoms with E-state index in [0.717, 1.165) is 12.5 Å². The third-order valence-electron chi connectivity index (χ3n) is 2.40. The van der Waals surface area contributed by atoms with Crippen LogP contribution in [-0.2, 0) is 10.0 Å². The van der Waals surface area contributed by atoms with Crippen molar-refractivity contribution in [3.63, 3.8) is 0 Å². The molecule has 4 nitrogen and oxygen atoms in total. The predicted octanol–water partition coefficient (Wildman–Crippen LogP) is 2.53. The van der Waals surface area contributed by atoms with Crippen molar-refractivity contribution in [2.24, 2.45) is 0 Å². The molecule has 7 heteroatoms. The number of anilines is 1. The molecule has 1 unspecified atom stereocenters. The zero-order valence-corrected chi connectivity index (χ0v) is 11.8. The second-order valence-electron chi connectivity index (χ2n) is 4.12. The quantitative estimate of drug-likeness (QED) is 0.820. The minimum absolute atomic E-state index is 0.0809. The first-order valence-electron chi connectivity index (χ1n) is 5.54. The summed E-state index contributed by atoms with van der Waals surface area (Å²) in [7, 11) is -3.95. The van der Waals surface area contributed by atoms with Crippen molar-refractivity contribution in [2.75, 3.05) is 5.73 Å². The van der Waals surface area contributed by atoms with Crippen LogP contribution in [0.1, 0.15) is 26.7 Å². The van der Waals surface area contributed by atoms with Gasteiger partial charge in [-0.25, -0.2) is 17.5 Å². The van der Waals surface area contributed by atoms with Crippen molar-refractivity contribution in [1.82, 2.24) is 4.72 Å². The number of nitrogens with one attached hydrogen (secondary N) is 1. The highest BCUT2D eigenvalue weighted by Crippen LogP contribution is 2.25. The van der Waals surface area contributed by atoms with Crippen molar-refractivity contribution in [1.29, 1.82) is 0 Å². The third kappa shape index (κ3) is 3.57. The van der Waals surface area contributed by atoms with Gasteiger partial charge < -0.3 is 5.73 Å². The first-order valence-corrected chi connectivity index (χ1v) is 7.41. The molecule has 1 aromatic carbocycles. The van der Waals surface area contributed by atoms with Crippen LogP contribution in [0, 0.1) is 5.82 Å². The molecule has 0 radical (unpaired) electrons. The molecule has 0 heterocycles. The maximum Gasteiger partial charge on any atom is 0.243 e. The Labute approximate surface area is 111 Å². The second kappa shape index (κ2) is 5.86. The van der Waals surface area contributed by atoms with E-state index in [9.17, 15) is 12.8 Å². The van der Waals surface area contributed by atoms with E-state index >= 15 is 0 Å². The van der Waals surface area contributed by atoms with Gasteiger partial charge in [-0.3, -0.25) is 0 Å². The number of rotatable bonds is 5. The van der Waals surface area contributed by atoms with Gasteiger partial charge in [0.05, 0.1) is 5.69 Å². The van der Waals surface area contributed by atoms with Crippen LogP contribution in [0.2, 0.25) is 5.02 Å². The summed E-state index contributed by atoms with van der Waals surface area (Å²) in [5, 5.41) is 0.0809. The summed E-state index contributed by atoms with van der Waals surface area (Å²) in [6, 6.07) is 1.94. The summed E-state index contributed by atoms with van der Waals surface area (Å²) < 4.78 is 40.1. The monoisotopic (exact) mass is 294 g/mol. The minimum atomic E-state index is -3.95. The van der Waals surface area contributed by atoms with Crippen molar-refractivity contribution in [3.8, 4) is 0 Å². The van der Waals surface area contributed by atoms with Gasteiger partial charge in [-0.2, -0.15) is 0 Å². The lowest BCUT2D eigenvalue weighted by Gasteiger charge is -2.14. The molecule has 0 aliphatic rings. The van der Waals surface area contributed by atoms with Crippen LogP contribution in [0.25, 0.3) is 0 Å². The maximum absolute atomic E-state index is 13.7. The molecule has 0 aliphatic heterocycles. The predicted molar refractivity (Wildman–Crippen MR) is 70.5 cm³/mol. The number of hydrogen-bond donors (Lipinski definition) is 2. The lowest BCUT2D eigenvalue weighted by Crippen LogP contribution is -2.33. The summed E-state index contributed by atoms with van der Waals surface area (Å²) in [5.41, 5.74) is 5.07. The fraction of sp³-hybridized carbons (Fsp3) is 0.455. The highest BCUT2D eigenvalue weighted by molar-refractivity contribution is 7.89. The number of benzene rings is 1.